The summed E-state index contributed by atoms with van der Waals surface area (Å²) in [6.07, 6.45) is -0.342. The van der Waals surface area contributed by atoms with Crippen molar-refractivity contribution in [3.8, 4) is 0 Å². The maximum atomic E-state index is 12.2. The number of hydrogen-bond acceptors (Lipinski definition) is 3. The van der Waals surface area contributed by atoms with Crippen molar-refractivity contribution in [2.75, 3.05) is 11.9 Å². The van der Waals surface area contributed by atoms with Gasteiger partial charge in [-0.3, -0.25) is 4.79 Å². The maximum Gasteiger partial charge on any atom is 0.408 e. The molecule has 0 radical (unpaired) electrons. The van der Waals surface area contributed by atoms with Crippen molar-refractivity contribution in [2.24, 2.45) is 5.92 Å². The standard InChI is InChI=1S/C13H19ClF3N3O/c1-9(2)5-3-4-6-18-10-7-19-20(8-13(15,16)17)12(21)11(10)14/h7,9,18H,3-6,8H2,1-2H3. The largest absolute Gasteiger partial charge is 0.408 e. The number of alkyl halides is 3. The molecule has 0 unspecified atom stereocenters. The van der Waals surface area contributed by atoms with E-state index < -0.39 is 18.3 Å². The Bertz CT molecular complexity index is 514. The van der Waals surface area contributed by atoms with Crippen molar-refractivity contribution in [2.45, 2.75) is 45.8 Å². The minimum Gasteiger partial charge on any atom is -0.382 e. The molecule has 0 fully saturated rings. The van der Waals surface area contributed by atoms with E-state index in [4.69, 9.17) is 11.6 Å². The first-order valence-corrected chi connectivity index (χ1v) is 7.14. The first-order valence-electron chi connectivity index (χ1n) is 6.77. The van der Waals surface area contributed by atoms with Crippen LogP contribution in [0, 0.1) is 5.92 Å². The van der Waals surface area contributed by atoms with Crippen LogP contribution in [0.4, 0.5) is 18.9 Å². The van der Waals surface area contributed by atoms with Crippen molar-refractivity contribution in [1.82, 2.24) is 9.78 Å². The summed E-state index contributed by atoms with van der Waals surface area (Å²) in [5.41, 5.74) is -0.675. The second kappa shape index (κ2) is 7.68. The summed E-state index contributed by atoms with van der Waals surface area (Å²) >= 11 is 5.79. The molecule has 0 atom stereocenters. The van der Waals surface area contributed by atoms with Crippen molar-refractivity contribution in [3.05, 3.63) is 21.6 Å². The molecule has 8 heteroatoms. The fraction of sp³-hybridized carbons (Fsp3) is 0.692. The molecule has 0 saturated carbocycles. The van der Waals surface area contributed by atoms with Crippen LogP contribution in [-0.2, 0) is 6.54 Å². The van der Waals surface area contributed by atoms with Crippen LogP contribution in [0.2, 0.25) is 5.02 Å². The average Bonchev–Trinajstić information content (AvgIpc) is 2.35. The van der Waals surface area contributed by atoms with Crippen LogP contribution in [0.15, 0.2) is 11.0 Å². The lowest BCUT2D eigenvalue weighted by Gasteiger charge is -2.12. The van der Waals surface area contributed by atoms with Gasteiger partial charge in [0.1, 0.15) is 11.6 Å². The highest BCUT2D eigenvalue weighted by Gasteiger charge is 2.29. The Hall–Kier alpha value is -1.24. The lowest BCUT2D eigenvalue weighted by Crippen LogP contribution is -2.30. The minimum absolute atomic E-state index is 0.266. The SMILES string of the molecule is CC(C)CCCCNc1cnn(CC(F)(F)F)c(=O)c1Cl. The van der Waals surface area contributed by atoms with Crippen LogP contribution < -0.4 is 10.9 Å². The topological polar surface area (TPSA) is 46.9 Å². The third-order valence-electron chi connectivity index (χ3n) is 2.84. The molecule has 0 saturated heterocycles. The molecular formula is C13H19ClF3N3O. The molecule has 0 bridgehead atoms. The number of nitrogens with zero attached hydrogens (tertiary/aromatic N) is 2. The summed E-state index contributed by atoms with van der Waals surface area (Å²) in [6.45, 7) is 3.42. The van der Waals surface area contributed by atoms with Crippen LogP contribution in [-0.4, -0.2) is 22.5 Å². The van der Waals surface area contributed by atoms with Gasteiger partial charge in [0.2, 0.25) is 0 Å². The normalized spacial score (nSPS) is 12.0. The van der Waals surface area contributed by atoms with Crippen LogP contribution in [0.5, 0.6) is 0 Å². The van der Waals surface area contributed by atoms with Crippen LogP contribution in [0.1, 0.15) is 33.1 Å². The number of nitrogens with one attached hydrogen (secondary N) is 1. The summed E-state index contributed by atoms with van der Waals surface area (Å²) in [5, 5.41) is 6.15. The fourth-order valence-electron chi connectivity index (χ4n) is 1.77. The molecule has 0 spiro atoms. The molecule has 1 heterocycles. The lowest BCUT2D eigenvalue weighted by atomic mass is 10.1. The Balaban J connectivity index is 2.61. The fourth-order valence-corrected chi connectivity index (χ4v) is 1.98. The van der Waals surface area contributed by atoms with Crippen LogP contribution in [0.3, 0.4) is 0 Å². The smallest absolute Gasteiger partial charge is 0.382 e. The molecule has 1 aromatic rings. The van der Waals surface area contributed by atoms with Gasteiger partial charge in [-0.15, -0.1) is 0 Å². The number of rotatable bonds is 7. The van der Waals surface area contributed by atoms with Gasteiger partial charge in [0.25, 0.3) is 5.56 Å². The Morgan fingerprint density at radius 1 is 1.38 bits per heavy atom. The molecule has 1 N–H and O–H groups in total. The zero-order chi connectivity index (χ0) is 16.0. The molecule has 0 aliphatic heterocycles. The van der Waals surface area contributed by atoms with E-state index >= 15 is 0 Å². The molecule has 1 aromatic heterocycles. The molecule has 0 aromatic carbocycles. The third-order valence-corrected chi connectivity index (χ3v) is 3.20. The molecule has 1 rings (SSSR count). The summed E-state index contributed by atoms with van der Waals surface area (Å²) in [4.78, 5) is 11.7. The molecular weight excluding hydrogens is 307 g/mol. The average molecular weight is 326 g/mol. The predicted octanol–water partition coefficient (Wildman–Crippen LogP) is 3.70. The zero-order valence-electron chi connectivity index (χ0n) is 12.0. The first kappa shape index (κ1) is 17.8. The number of aromatic nitrogens is 2. The Morgan fingerprint density at radius 2 is 2.05 bits per heavy atom. The molecule has 4 nitrogen and oxygen atoms in total. The van der Waals surface area contributed by atoms with Crippen molar-refractivity contribution in [3.63, 3.8) is 0 Å². The van der Waals surface area contributed by atoms with E-state index in [0.717, 1.165) is 25.5 Å². The van der Waals surface area contributed by atoms with Gasteiger partial charge in [0, 0.05) is 6.54 Å². The van der Waals surface area contributed by atoms with E-state index in [1.54, 1.807) is 0 Å². The van der Waals surface area contributed by atoms with Crippen molar-refractivity contribution in [1.29, 1.82) is 0 Å². The summed E-state index contributed by atoms with van der Waals surface area (Å²) in [5.74, 6) is 0.626. The highest BCUT2D eigenvalue weighted by molar-refractivity contribution is 6.32. The molecule has 0 aliphatic rings. The summed E-state index contributed by atoms with van der Waals surface area (Å²) < 4.78 is 37.1. The van der Waals surface area contributed by atoms with Crippen molar-refractivity contribution < 1.29 is 13.2 Å². The minimum atomic E-state index is -4.51. The van der Waals surface area contributed by atoms with E-state index in [2.05, 4.69) is 24.3 Å². The quantitative estimate of drug-likeness (QED) is 0.778. The third kappa shape index (κ3) is 6.37. The Morgan fingerprint density at radius 3 is 2.62 bits per heavy atom. The van der Waals surface area contributed by atoms with E-state index in [1.165, 1.54) is 0 Å². The van der Waals surface area contributed by atoms with E-state index in [1.807, 2.05) is 0 Å². The second-order valence-corrected chi connectivity index (χ2v) is 5.64. The number of anilines is 1. The van der Waals surface area contributed by atoms with Crippen molar-refractivity contribution >= 4 is 17.3 Å². The Kier molecular flexibility index (Phi) is 6.51. The highest BCUT2D eigenvalue weighted by atomic mass is 35.5. The second-order valence-electron chi connectivity index (χ2n) is 5.27. The predicted molar refractivity (Wildman–Crippen MR) is 76.7 cm³/mol. The Labute approximate surface area is 126 Å². The lowest BCUT2D eigenvalue weighted by molar-refractivity contribution is -0.143. The van der Waals surface area contributed by atoms with Gasteiger partial charge < -0.3 is 5.32 Å². The van der Waals surface area contributed by atoms with Gasteiger partial charge in [-0.25, -0.2) is 4.68 Å². The van der Waals surface area contributed by atoms with Gasteiger partial charge in [-0.1, -0.05) is 38.3 Å². The summed E-state index contributed by atoms with van der Waals surface area (Å²) in [6, 6.07) is 0. The zero-order valence-corrected chi connectivity index (χ0v) is 12.8. The van der Waals surface area contributed by atoms with E-state index in [9.17, 15) is 18.0 Å². The summed E-state index contributed by atoms with van der Waals surface area (Å²) in [7, 11) is 0. The van der Waals surface area contributed by atoms with E-state index in [-0.39, 0.29) is 10.7 Å². The maximum absolute atomic E-state index is 12.2. The highest BCUT2D eigenvalue weighted by Crippen LogP contribution is 2.19. The van der Waals surface area contributed by atoms with Gasteiger partial charge in [-0.05, 0) is 12.3 Å². The molecule has 0 aliphatic carbocycles. The van der Waals surface area contributed by atoms with Gasteiger partial charge in [0.05, 0.1) is 11.9 Å². The van der Waals surface area contributed by atoms with E-state index in [0.29, 0.717) is 17.1 Å². The van der Waals surface area contributed by atoms with Crippen LogP contribution in [0.25, 0.3) is 0 Å². The number of hydrogen-bond donors (Lipinski definition) is 1. The number of unbranched alkanes of at least 4 members (excludes halogenated alkanes) is 1. The van der Waals surface area contributed by atoms with Gasteiger partial charge in [0.15, 0.2) is 0 Å². The van der Waals surface area contributed by atoms with Gasteiger partial charge in [-0.2, -0.15) is 18.3 Å². The molecule has 0 amide bonds. The first-order chi connectivity index (χ1) is 9.70. The molecule has 120 valence electrons. The number of halogens is 4. The molecule has 21 heavy (non-hydrogen) atoms. The van der Waals surface area contributed by atoms with Gasteiger partial charge >= 0.3 is 6.18 Å². The monoisotopic (exact) mass is 325 g/mol. The van der Waals surface area contributed by atoms with Crippen LogP contribution >= 0.6 is 11.6 Å².